The van der Waals surface area contributed by atoms with Crippen LogP contribution in [-0.2, 0) is 26.2 Å². The fourth-order valence-corrected chi connectivity index (χ4v) is 5.02. The number of nitrogens with zero attached hydrogens (tertiary/aromatic N) is 2. The second-order valence-electron chi connectivity index (χ2n) is 9.65. The van der Waals surface area contributed by atoms with Crippen molar-refractivity contribution < 1.29 is 22.7 Å². The molecule has 0 bridgehead atoms. The van der Waals surface area contributed by atoms with Crippen molar-refractivity contribution in [2.24, 2.45) is 0 Å². The van der Waals surface area contributed by atoms with Gasteiger partial charge in [0.15, 0.2) is 0 Å². The van der Waals surface area contributed by atoms with Crippen molar-refractivity contribution in [3.63, 3.8) is 0 Å². The summed E-state index contributed by atoms with van der Waals surface area (Å²) >= 11 is 0. The molecule has 0 heterocycles. The predicted octanol–water partition coefficient (Wildman–Crippen LogP) is 4.19. The van der Waals surface area contributed by atoms with Crippen LogP contribution in [0.3, 0.4) is 0 Å². The summed E-state index contributed by atoms with van der Waals surface area (Å²) < 4.78 is 31.7. The molecule has 0 aliphatic carbocycles. The van der Waals surface area contributed by atoms with Crippen LogP contribution in [0.2, 0.25) is 0 Å². The van der Waals surface area contributed by atoms with Gasteiger partial charge in [-0.3, -0.25) is 13.9 Å². The van der Waals surface area contributed by atoms with Crippen molar-refractivity contribution >= 4 is 27.5 Å². The standard InChI is InChI=1S/C28H41N3O5S/c1-8-22(4)29-28(33)23(5)30(19-24-11-13-26(36-6)14-12-24)27(32)10-9-15-31(37(7,34)35)25-17-20(2)16-21(3)18-25/h11-14,16-18,22-23H,8-10,15,19H2,1-7H3,(H,29,33)/t22-,23+/m1/s1. The van der Waals surface area contributed by atoms with E-state index in [1.54, 1.807) is 18.9 Å². The number of anilines is 1. The lowest BCUT2D eigenvalue weighted by Crippen LogP contribution is -2.49. The van der Waals surface area contributed by atoms with Crippen LogP contribution >= 0.6 is 0 Å². The van der Waals surface area contributed by atoms with E-state index < -0.39 is 16.1 Å². The summed E-state index contributed by atoms with van der Waals surface area (Å²) in [6, 6.07) is 12.3. The molecule has 0 aromatic heterocycles. The summed E-state index contributed by atoms with van der Waals surface area (Å²) in [4.78, 5) is 27.9. The second kappa shape index (κ2) is 13.5. The largest absolute Gasteiger partial charge is 0.497 e. The molecule has 9 heteroatoms. The molecule has 2 aromatic carbocycles. The van der Waals surface area contributed by atoms with Crippen LogP contribution in [0.15, 0.2) is 42.5 Å². The van der Waals surface area contributed by atoms with Crippen LogP contribution < -0.4 is 14.4 Å². The average Bonchev–Trinajstić information content (AvgIpc) is 2.83. The maximum atomic E-state index is 13.4. The maximum absolute atomic E-state index is 13.4. The van der Waals surface area contributed by atoms with Gasteiger partial charge in [0.1, 0.15) is 11.8 Å². The van der Waals surface area contributed by atoms with Gasteiger partial charge in [0.25, 0.3) is 0 Å². The topological polar surface area (TPSA) is 96.0 Å². The lowest BCUT2D eigenvalue weighted by molar-refractivity contribution is -0.140. The van der Waals surface area contributed by atoms with Gasteiger partial charge in [0.05, 0.1) is 19.1 Å². The molecule has 37 heavy (non-hydrogen) atoms. The summed E-state index contributed by atoms with van der Waals surface area (Å²) in [6.07, 6.45) is 2.38. The van der Waals surface area contributed by atoms with Crippen molar-refractivity contribution in [3.8, 4) is 5.75 Å². The van der Waals surface area contributed by atoms with Crippen LogP contribution in [0.4, 0.5) is 5.69 Å². The SMILES string of the molecule is CC[C@@H](C)NC(=O)[C@H](C)N(Cc1ccc(OC)cc1)C(=O)CCCN(c1cc(C)cc(C)c1)S(C)(=O)=O. The average molecular weight is 532 g/mol. The molecule has 0 radical (unpaired) electrons. The van der Waals surface area contributed by atoms with E-state index in [4.69, 9.17) is 4.74 Å². The summed E-state index contributed by atoms with van der Waals surface area (Å²) in [5, 5.41) is 2.95. The molecular formula is C28H41N3O5S. The van der Waals surface area contributed by atoms with Crippen LogP contribution in [0.25, 0.3) is 0 Å². The van der Waals surface area contributed by atoms with E-state index in [2.05, 4.69) is 5.32 Å². The quantitative estimate of drug-likeness (QED) is 0.418. The monoisotopic (exact) mass is 531 g/mol. The van der Waals surface area contributed by atoms with Gasteiger partial charge in [-0.2, -0.15) is 0 Å². The molecule has 2 amide bonds. The molecule has 0 unspecified atom stereocenters. The van der Waals surface area contributed by atoms with E-state index in [-0.39, 0.29) is 37.4 Å². The number of sulfonamides is 1. The fourth-order valence-electron chi connectivity index (χ4n) is 4.07. The van der Waals surface area contributed by atoms with Crippen LogP contribution in [-0.4, -0.2) is 57.1 Å². The number of benzene rings is 2. The number of nitrogens with one attached hydrogen (secondary N) is 1. The van der Waals surface area contributed by atoms with Crippen molar-refractivity contribution in [1.29, 1.82) is 0 Å². The number of rotatable bonds is 13. The zero-order chi connectivity index (χ0) is 27.8. The first-order valence-corrected chi connectivity index (χ1v) is 14.5. The number of aryl methyl sites for hydroxylation is 2. The van der Waals surface area contributed by atoms with Gasteiger partial charge in [-0.1, -0.05) is 25.1 Å². The minimum absolute atomic E-state index is 0.00556. The van der Waals surface area contributed by atoms with E-state index in [0.29, 0.717) is 17.9 Å². The van der Waals surface area contributed by atoms with Crippen LogP contribution in [0.1, 0.15) is 56.7 Å². The third-order valence-corrected chi connectivity index (χ3v) is 7.52. The molecule has 0 fully saturated rings. The molecule has 2 atom stereocenters. The fraction of sp³-hybridized carbons (Fsp3) is 0.500. The maximum Gasteiger partial charge on any atom is 0.242 e. The number of hydrogen-bond donors (Lipinski definition) is 1. The molecule has 0 aliphatic rings. The Balaban J connectivity index is 2.20. The van der Waals surface area contributed by atoms with Crippen molar-refractivity contribution in [2.45, 2.75) is 72.5 Å². The lowest BCUT2D eigenvalue weighted by atomic mass is 10.1. The van der Waals surface area contributed by atoms with Crippen molar-refractivity contribution in [3.05, 3.63) is 59.2 Å². The number of amides is 2. The smallest absolute Gasteiger partial charge is 0.242 e. The highest BCUT2D eigenvalue weighted by atomic mass is 32.2. The van der Waals surface area contributed by atoms with Gasteiger partial charge in [-0.15, -0.1) is 0 Å². The van der Waals surface area contributed by atoms with E-state index in [1.165, 1.54) is 10.6 Å². The van der Waals surface area contributed by atoms with Gasteiger partial charge in [0, 0.05) is 25.6 Å². The minimum atomic E-state index is -3.54. The Morgan fingerprint density at radius 3 is 2.14 bits per heavy atom. The molecule has 0 spiro atoms. The zero-order valence-corrected chi connectivity index (χ0v) is 23.9. The number of carbonyl (C=O) groups excluding carboxylic acids is 2. The van der Waals surface area contributed by atoms with Crippen molar-refractivity contribution in [1.82, 2.24) is 10.2 Å². The molecule has 8 nitrogen and oxygen atoms in total. The highest BCUT2D eigenvalue weighted by molar-refractivity contribution is 7.92. The number of hydrogen-bond acceptors (Lipinski definition) is 5. The van der Waals surface area contributed by atoms with E-state index in [0.717, 1.165) is 23.1 Å². The Bertz CT molecular complexity index is 1140. The molecular weight excluding hydrogens is 490 g/mol. The molecule has 2 rings (SSSR count). The Morgan fingerprint density at radius 2 is 1.62 bits per heavy atom. The molecule has 2 aromatic rings. The highest BCUT2D eigenvalue weighted by Gasteiger charge is 2.27. The Hall–Kier alpha value is -3.07. The zero-order valence-electron chi connectivity index (χ0n) is 23.1. The normalized spacial score (nSPS) is 12.9. The molecule has 0 aliphatic heterocycles. The summed E-state index contributed by atoms with van der Waals surface area (Å²) in [7, 11) is -1.95. The molecule has 1 N–H and O–H groups in total. The summed E-state index contributed by atoms with van der Waals surface area (Å²) in [5.74, 6) is 0.275. The van der Waals surface area contributed by atoms with E-state index >= 15 is 0 Å². The number of ether oxygens (including phenoxy) is 1. The number of carbonyl (C=O) groups is 2. The first kappa shape index (κ1) is 30.2. The Labute approximate surface area is 222 Å². The number of methoxy groups -OCH3 is 1. The second-order valence-corrected chi connectivity index (χ2v) is 11.6. The van der Waals surface area contributed by atoms with E-state index in [1.807, 2.05) is 70.2 Å². The third kappa shape index (κ3) is 9.07. The Kier molecular flexibility index (Phi) is 11.0. The summed E-state index contributed by atoms with van der Waals surface area (Å²) in [5.41, 5.74) is 3.38. The molecule has 0 saturated heterocycles. The van der Waals surface area contributed by atoms with Gasteiger partial charge in [-0.05, 0) is 81.5 Å². The van der Waals surface area contributed by atoms with Crippen LogP contribution in [0, 0.1) is 13.8 Å². The first-order chi connectivity index (χ1) is 17.3. The first-order valence-electron chi connectivity index (χ1n) is 12.6. The van der Waals surface area contributed by atoms with Crippen molar-refractivity contribution in [2.75, 3.05) is 24.2 Å². The van der Waals surface area contributed by atoms with Gasteiger partial charge in [0.2, 0.25) is 21.8 Å². The summed E-state index contributed by atoms with van der Waals surface area (Å²) in [6.45, 7) is 9.89. The highest BCUT2D eigenvalue weighted by Crippen LogP contribution is 2.22. The minimum Gasteiger partial charge on any atom is -0.497 e. The Morgan fingerprint density at radius 1 is 1.03 bits per heavy atom. The van der Waals surface area contributed by atoms with E-state index in [9.17, 15) is 18.0 Å². The van der Waals surface area contributed by atoms with Gasteiger partial charge < -0.3 is 15.0 Å². The van der Waals surface area contributed by atoms with Gasteiger partial charge in [-0.25, -0.2) is 8.42 Å². The molecule has 204 valence electrons. The predicted molar refractivity (Wildman–Crippen MR) is 148 cm³/mol. The van der Waals surface area contributed by atoms with Crippen LogP contribution in [0.5, 0.6) is 5.75 Å². The lowest BCUT2D eigenvalue weighted by Gasteiger charge is -2.30. The third-order valence-electron chi connectivity index (χ3n) is 6.33. The molecule has 0 saturated carbocycles. The van der Waals surface area contributed by atoms with Gasteiger partial charge >= 0.3 is 0 Å².